The summed E-state index contributed by atoms with van der Waals surface area (Å²) in [6, 6.07) is -1.10. The Labute approximate surface area is 249 Å². The molecule has 0 saturated heterocycles. The van der Waals surface area contributed by atoms with E-state index in [0.29, 0.717) is 0 Å². The minimum atomic E-state index is -1.17. The van der Waals surface area contributed by atoms with Crippen molar-refractivity contribution in [2.24, 2.45) is 5.73 Å². The van der Waals surface area contributed by atoms with Crippen LogP contribution in [0.15, 0.2) is 0 Å². The summed E-state index contributed by atoms with van der Waals surface area (Å²) in [6.07, 6.45) is 13.2. The molecule has 6 nitrogen and oxygen atoms in total. The van der Waals surface area contributed by atoms with Crippen molar-refractivity contribution in [1.29, 1.82) is 0 Å². The average Bonchev–Trinajstić information content (AvgIpc) is 2.57. The topological polar surface area (TPSA) is 107 Å². The van der Waals surface area contributed by atoms with Crippen LogP contribution in [0.4, 0.5) is 0 Å². The maximum absolute atomic E-state index is 11.5. The number of aliphatic carboxylic acids is 1. The number of unbranched alkanes of at least 4 members (excludes halogenated alkanes) is 10. The molecular weight excluding hydrogens is 400 g/mol. The van der Waals surface area contributed by atoms with Crippen LogP contribution in [0.3, 0.4) is 0 Å². The molecule has 1 atom stereocenters. The molecule has 0 aliphatic heterocycles. The first kappa shape index (κ1) is 33.5. The third-order valence-corrected chi connectivity index (χ3v) is 4.19. The summed E-state index contributed by atoms with van der Waals surface area (Å²) in [6.45, 7) is 2.22. The van der Waals surface area contributed by atoms with E-state index in [4.69, 9.17) is 10.8 Å². The standard InChI is InChI=1S/C19H35NO5.2K.2H/c1-2-3-4-5-6-7-8-9-10-11-12-13-17(21)25-18(22)15-14-16(20)19(23)24;;;;/h16H,2-15,20H2,1H3,(H,23,24);;;;/t16-;;;;/m0..../s1. The Morgan fingerprint density at radius 3 is 1.63 bits per heavy atom. The van der Waals surface area contributed by atoms with Gasteiger partial charge >= 0.3 is 121 Å². The SMILES string of the molecule is CCCCCCCCCCCCCC(=O)OC(=O)CC[C@H](N)C(=O)O.[KH].[KH]. The van der Waals surface area contributed by atoms with Gasteiger partial charge in [-0.2, -0.15) is 0 Å². The van der Waals surface area contributed by atoms with Gasteiger partial charge in [0.25, 0.3) is 0 Å². The number of carboxylic acid groups (broad SMARTS) is 1. The molecule has 0 amide bonds. The first-order chi connectivity index (χ1) is 12.0. The van der Waals surface area contributed by atoms with Gasteiger partial charge in [0, 0.05) is 12.8 Å². The van der Waals surface area contributed by atoms with Crippen molar-refractivity contribution in [3.05, 3.63) is 0 Å². The van der Waals surface area contributed by atoms with Crippen LogP contribution in [0.2, 0.25) is 0 Å². The number of hydrogen-bond acceptors (Lipinski definition) is 5. The molecule has 0 aliphatic carbocycles. The molecular formula is C19H37K2NO5. The number of ether oxygens (including phenoxy) is 1. The van der Waals surface area contributed by atoms with Crippen LogP contribution in [0.1, 0.15) is 96.8 Å². The Morgan fingerprint density at radius 1 is 0.778 bits per heavy atom. The second-order valence-electron chi connectivity index (χ2n) is 6.62. The molecule has 0 saturated carbocycles. The first-order valence-corrected chi connectivity index (χ1v) is 9.69. The molecule has 27 heavy (non-hydrogen) atoms. The number of nitrogens with two attached hydrogens (primary N) is 1. The summed E-state index contributed by atoms with van der Waals surface area (Å²) in [5.74, 6) is -2.41. The molecule has 0 fully saturated rings. The quantitative estimate of drug-likeness (QED) is 0.166. The Morgan fingerprint density at radius 2 is 1.19 bits per heavy atom. The monoisotopic (exact) mass is 437 g/mol. The number of hydrogen-bond donors (Lipinski definition) is 2. The molecule has 0 bridgehead atoms. The molecule has 0 spiro atoms. The Bertz CT molecular complexity index is 394. The predicted molar refractivity (Wildman–Crippen MR) is 111 cm³/mol. The zero-order valence-electron chi connectivity index (χ0n) is 15.6. The number of esters is 2. The van der Waals surface area contributed by atoms with Gasteiger partial charge in [-0.25, -0.2) is 0 Å². The van der Waals surface area contributed by atoms with E-state index < -0.39 is 23.9 Å². The van der Waals surface area contributed by atoms with Crippen LogP contribution in [0, 0.1) is 0 Å². The second kappa shape index (κ2) is 24.1. The van der Waals surface area contributed by atoms with Crippen LogP contribution in [-0.4, -0.2) is 132 Å². The molecule has 150 valence electrons. The third-order valence-electron chi connectivity index (χ3n) is 4.19. The Balaban J connectivity index is -0.00000288. The summed E-state index contributed by atoms with van der Waals surface area (Å²) >= 11 is 0. The van der Waals surface area contributed by atoms with E-state index in [1.807, 2.05) is 0 Å². The van der Waals surface area contributed by atoms with Crippen molar-refractivity contribution in [1.82, 2.24) is 0 Å². The summed E-state index contributed by atoms with van der Waals surface area (Å²) in [4.78, 5) is 33.4. The van der Waals surface area contributed by atoms with Gasteiger partial charge in [-0.15, -0.1) is 0 Å². The third kappa shape index (κ3) is 24.0. The summed E-state index contributed by atoms with van der Waals surface area (Å²) < 4.78 is 4.65. The molecule has 0 aromatic carbocycles. The van der Waals surface area contributed by atoms with Gasteiger partial charge < -0.3 is 15.6 Å². The van der Waals surface area contributed by atoms with E-state index in [0.717, 1.165) is 19.3 Å². The summed E-state index contributed by atoms with van der Waals surface area (Å²) in [7, 11) is 0. The van der Waals surface area contributed by atoms with Crippen LogP contribution >= 0.6 is 0 Å². The van der Waals surface area contributed by atoms with Gasteiger partial charge in [-0.1, -0.05) is 71.1 Å². The molecule has 3 N–H and O–H groups in total. The van der Waals surface area contributed by atoms with E-state index >= 15 is 0 Å². The summed E-state index contributed by atoms with van der Waals surface area (Å²) in [5, 5.41) is 8.60. The van der Waals surface area contributed by atoms with Gasteiger partial charge in [0.05, 0.1) is 0 Å². The minimum absolute atomic E-state index is 0. The van der Waals surface area contributed by atoms with E-state index in [2.05, 4.69) is 11.7 Å². The van der Waals surface area contributed by atoms with Crippen molar-refractivity contribution in [3.63, 3.8) is 0 Å². The molecule has 0 rings (SSSR count). The normalized spacial score (nSPS) is 11.0. The van der Waals surface area contributed by atoms with E-state index in [1.54, 1.807) is 0 Å². The number of carboxylic acids is 1. The van der Waals surface area contributed by atoms with Gasteiger partial charge in [-0.3, -0.25) is 14.4 Å². The second-order valence-corrected chi connectivity index (χ2v) is 6.62. The van der Waals surface area contributed by atoms with Gasteiger partial charge in [0.2, 0.25) is 0 Å². The zero-order valence-corrected chi connectivity index (χ0v) is 15.6. The van der Waals surface area contributed by atoms with Crippen molar-refractivity contribution < 1.29 is 24.2 Å². The fourth-order valence-electron chi connectivity index (χ4n) is 2.56. The Kier molecular flexibility index (Phi) is 29.9. The van der Waals surface area contributed by atoms with Gasteiger partial charge in [-0.05, 0) is 12.8 Å². The van der Waals surface area contributed by atoms with E-state index in [-0.39, 0.29) is 122 Å². The maximum atomic E-state index is 11.5. The van der Waals surface area contributed by atoms with Gasteiger partial charge in [0.15, 0.2) is 0 Å². The zero-order chi connectivity index (χ0) is 18.9. The molecule has 0 aliphatic rings. The number of carbonyl (C=O) groups is 3. The van der Waals surface area contributed by atoms with Crippen molar-refractivity contribution in [2.45, 2.75) is 103 Å². The van der Waals surface area contributed by atoms with Crippen molar-refractivity contribution >= 4 is 121 Å². The predicted octanol–water partition coefficient (Wildman–Crippen LogP) is 2.65. The van der Waals surface area contributed by atoms with E-state index in [1.165, 1.54) is 51.4 Å². The van der Waals surface area contributed by atoms with Crippen LogP contribution < -0.4 is 5.73 Å². The van der Waals surface area contributed by atoms with Crippen molar-refractivity contribution in [3.8, 4) is 0 Å². The fourth-order valence-corrected chi connectivity index (χ4v) is 2.56. The van der Waals surface area contributed by atoms with Crippen LogP contribution in [0.5, 0.6) is 0 Å². The van der Waals surface area contributed by atoms with Crippen LogP contribution in [-0.2, 0) is 19.1 Å². The number of carbonyl (C=O) groups excluding carboxylic acids is 2. The molecule has 0 radical (unpaired) electrons. The Hall–Kier alpha value is 1.84. The van der Waals surface area contributed by atoms with Gasteiger partial charge in [0.1, 0.15) is 6.04 Å². The first-order valence-electron chi connectivity index (χ1n) is 9.69. The fraction of sp³-hybridized carbons (Fsp3) is 0.842. The average molecular weight is 438 g/mol. The van der Waals surface area contributed by atoms with Crippen molar-refractivity contribution in [2.75, 3.05) is 0 Å². The molecule has 0 aromatic rings. The molecule has 8 heteroatoms. The summed E-state index contributed by atoms with van der Waals surface area (Å²) in [5.41, 5.74) is 5.28. The molecule has 0 unspecified atom stereocenters. The molecule has 0 heterocycles. The molecule has 0 aromatic heterocycles. The van der Waals surface area contributed by atoms with E-state index in [9.17, 15) is 14.4 Å². The van der Waals surface area contributed by atoms with Crippen LogP contribution in [0.25, 0.3) is 0 Å². The number of rotatable bonds is 16.